The molecule has 0 amide bonds. The second-order valence-electron chi connectivity index (χ2n) is 0.805. The van der Waals surface area contributed by atoms with Crippen LogP contribution < -0.4 is 22.4 Å². The first-order valence-electron chi connectivity index (χ1n) is 1.56. The Balaban J connectivity index is 2.93. The molecule has 8 heteroatoms. The quantitative estimate of drug-likeness (QED) is 0.171. The highest BCUT2D eigenvalue weighted by molar-refractivity contribution is 3.77. The van der Waals surface area contributed by atoms with Crippen LogP contribution >= 0.6 is 0 Å². The Hall–Kier alpha value is -0.320. The Labute approximate surface area is 44.1 Å². The van der Waals surface area contributed by atoms with Crippen molar-refractivity contribution < 1.29 is 20.6 Å². The largest absolute Gasteiger partial charge is 0.577 e. The first kappa shape index (κ1) is 7.68. The fourth-order valence-electron chi connectivity index (χ4n) is 0.0821. The van der Waals surface area contributed by atoms with Gasteiger partial charge < -0.3 is 10.4 Å². The molecule has 0 aliphatic heterocycles. The van der Waals surface area contributed by atoms with Crippen molar-refractivity contribution >= 4 is 0 Å². The van der Waals surface area contributed by atoms with Gasteiger partial charge in [0.2, 0.25) is 0 Å². The van der Waals surface area contributed by atoms with E-state index in [2.05, 4.69) is 21.7 Å². The molecule has 0 radical (unpaired) electrons. The van der Waals surface area contributed by atoms with Crippen LogP contribution in [0.1, 0.15) is 0 Å². The number of hydrogen-bond acceptors (Lipinski definition) is 6. The van der Waals surface area contributed by atoms with E-state index in [1.54, 1.807) is 0 Å². The normalized spacial score (nSPS) is 18.0. The number of quaternary nitrogens is 2. The summed E-state index contributed by atoms with van der Waals surface area (Å²) in [6.45, 7) is 0. The van der Waals surface area contributed by atoms with Crippen LogP contribution in [0.3, 0.4) is 0 Å². The van der Waals surface area contributed by atoms with Crippen LogP contribution in [0, 0.1) is 10.4 Å². The molecule has 0 saturated carbocycles. The second kappa shape index (κ2) is 3.65. The molecule has 8 nitrogen and oxygen atoms in total. The lowest BCUT2D eigenvalue weighted by Gasteiger charge is -2.12. The maximum absolute atomic E-state index is 9.57. The molecular weight excluding hydrogens is 120 g/mol. The summed E-state index contributed by atoms with van der Waals surface area (Å²) in [5.41, 5.74) is 0. The molecule has 0 aliphatic rings. The second-order valence-corrected chi connectivity index (χ2v) is 0.805. The summed E-state index contributed by atoms with van der Waals surface area (Å²) in [6, 6.07) is 0. The van der Waals surface area contributed by atoms with Gasteiger partial charge in [-0.3, -0.25) is 0 Å². The van der Waals surface area contributed by atoms with Crippen molar-refractivity contribution in [1.82, 2.24) is 0 Å². The molecule has 50 valence electrons. The van der Waals surface area contributed by atoms with Gasteiger partial charge in [-0.15, -0.1) is 22.4 Å². The number of hydrogen-bond donors (Lipinski definition) is 4. The van der Waals surface area contributed by atoms with Gasteiger partial charge in [0.1, 0.15) is 0 Å². The molecule has 0 saturated heterocycles. The molecular formula is H6N4O4. The van der Waals surface area contributed by atoms with Crippen LogP contribution in [-0.2, 0) is 9.98 Å². The smallest absolute Gasteiger partial charge is 0.0417 e. The SMILES string of the molecule is N[NH+]([O-])OO[NH+](N)[O-]. The molecule has 0 aromatic heterocycles. The zero-order chi connectivity index (χ0) is 6.57. The summed E-state index contributed by atoms with van der Waals surface area (Å²) in [4.78, 5) is 6.94. The molecule has 0 rings (SSSR count). The van der Waals surface area contributed by atoms with Gasteiger partial charge in [-0.2, -0.15) is 0 Å². The monoisotopic (exact) mass is 126 g/mol. The Morgan fingerprint density at radius 2 is 1.25 bits per heavy atom. The van der Waals surface area contributed by atoms with Crippen molar-refractivity contribution in [3.8, 4) is 0 Å². The Morgan fingerprint density at radius 3 is 1.38 bits per heavy atom. The Kier molecular flexibility index (Phi) is 3.51. The number of nitrogens with one attached hydrogen (secondary N) is 2. The molecule has 0 heterocycles. The topological polar surface area (TPSA) is 126 Å². The van der Waals surface area contributed by atoms with Gasteiger partial charge in [-0.25, -0.2) is 0 Å². The minimum atomic E-state index is -1.22. The van der Waals surface area contributed by atoms with Crippen molar-refractivity contribution in [3.05, 3.63) is 10.4 Å². The van der Waals surface area contributed by atoms with Gasteiger partial charge in [0.25, 0.3) is 0 Å². The number of rotatable bonds is 3. The lowest BCUT2D eigenvalue weighted by atomic mass is 12.6. The molecule has 2 unspecified atom stereocenters. The third-order valence-electron chi connectivity index (χ3n) is 0.206. The van der Waals surface area contributed by atoms with Gasteiger partial charge in [-0.1, -0.05) is 0 Å². The summed E-state index contributed by atoms with van der Waals surface area (Å²) >= 11 is 0. The van der Waals surface area contributed by atoms with Gasteiger partial charge in [0.05, 0.1) is 0 Å². The molecule has 8 heavy (non-hydrogen) atoms. The average molecular weight is 126 g/mol. The van der Waals surface area contributed by atoms with E-state index in [4.69, 9.17) is 0 Å². The summed E-state index contributed by atoms with van der Waals surface area (Å²) in [5.74, 6) is 8.69. The van der Waals surface area contributed by atoms with Crippen LogP contribution in [0.2, 0.25) is 0 Å². The Morgan fingerprint density at radius 1 is 1.00 bits per heavy atom. The van der Waals surface area contributed by atoms with Crippen molar-refractivity contribution in [1.29, 1.82) is 0 Å². The standard InChI is InChI=1S/H6N4O4/c1-3(5)7-8-4(2)6/h3-4H,1-2H2. The first-order chi connectivity index (χ1) is 3.63. The van der Waals surface area contributed by atoms with E-state index in [-0.39, 0.29) is 0 Å². The van der Waals surface area contributed by atoms with Crippen molar-refractivity contribution in [2.24, 2.45) is 11.7 Å². The Bertz CT molecular complexity index is 44.0. The molecule has 0 fully saturated rings. The van der Waals surface area contributed by atoms with Crippen LogP contribution in [0.15, 0.2) is 0 Å². The van der Waals surface area contributed by atoms with E-state index < -0.39 is 10.7 Å². The van der Waals surface area contributed by atoms with Gasteiger partial charge in [-0.05, 0) is 0 Å². The molecule has 2 atom stereocenters. The van der Waals surface area contributed by atoms with E-state index in [0.29, 0.717) is 0 Å². The predicted octanol–water partition coefficient (Wildman–Crippen LogP) is -4.72. The van der Waals surface area contributed by atoms with Crippen molar-refractivity contribution in [3.63, 3.8) is 0 Å². The summed E-state index contributed by atoms with van der Waals surface area (Å²) in [6.07, 6.45) is 0. The van der Waals surface area contributed by atoms with E-state index in [1.165, 1.54) is 0 Å². The van der Waals surface area contributed by atoms with E-state index in [1.807, 2.05) is 0 Å². The highest BCUT2D eigenvalue weighted by Gasteiger charge is 1.92. The third-order valence-corrected chi connectivity index (χ3v) is 0.206. The van der Waals surface area contributed by atoms with E-state index in [9.17, 15) is 10.4 Å². The minimum Gasteiger partial charge on any atom is -0.577 e. The van der Waals surface area contributed by atoms with Crippen molar-refractivity contribution in [2.45, 2.75) is 0 Å². The zero-order valence-corrected chi connectivity index (χ0v) is 3.79. The summed E-state index contributed by atoms with van der Waals surface area (Å²) < 4.78 is 0. The number of nitrogens with two attached hydrogens (primary N) is 2. The van der Waals surface area contributed by atoms with Gasteiger partial charge in [0, 0.05) is 9.98 Å². The molecule has 0 aromatic carbocycles. The maximum Gasteiger partial charge on any atom is 0.0417 e. The predicted molar refractivity (Wildman–Crippen MR) is 19.2 cm³/mol. The maximum atomic E-state index is 9.57. The highest BCUT2D eigenvalue weighted by Crippen LogP contribution is 1.39. The van der Waals surface area contributed by atoms with Crippen LogP contribution in [0.5, 0.6) is 0 Å². The van der Waals surface area contributed by atoms with Gasteiger partial charge >= 0.3 is 0 Å². The highest BCUT2D eigenvalue weighted by atomic mass is 17.4. The zero-order valence-electron chi connectivity index (χ0n) is 3.79. The van der Waals surface area contributed by atoms with Crippen LogP contribution in [0.25, 0.3) is 0 Å². The lowest BCUT2D eigenvalue weighted by molar-refractivity contribution is -1.25. The summed E-state index contributed by atoms with van der Waals surface area (Å²) in [7, 11) is 0. The molecule has 0 aromatic rings. The lowest BCUT2D eigenvalue weighted by Crippen LogP contribution is -3.19. The molecule has 6 N–H and O–H groups in total. The fraction of sp³-hybridized carbons (Fsp3) is 0. The van der Waals surface area contributed by atoms with Crippen LogP contribution in [-0.4, -0.2) is 0 Å². The average Bonchev–Trinajstić information content (AvgIpc) is 1.61. The third kappa shape index (κ3) is 5.68. The van der Waals surface area contributed by atoms with Gasteiger partial charge in [0.15, 0.2) is 0 Å². The fourth-order valence-corrected chi connectivity index (χ4v) is 0.0821. The van der Waals surface area contributed by atoms with Crippen LogP contribution in [0.4, 0.5) is 0 Å². The molecule has 0 bridgehead atoms. The minimum absolute atomic E-state index is 1.22. The van der Waals surface area contributed by atoms with E-state index in [0.717, 1.165) is 0 Å². The summed E-state index contributed by atoms with van der Waals surface area (Å²) in [5, 5.41) is 16.7. The van der Waals surface area contributed by atoms with E-state index >= 15 is 0 Å². The molecule has 0 spiro atoms. The first-order valence-corrected chi connectivity index (χ1v) is 1.56. The molecule has 0 aliphatic carbocycles. The van der Waals surface area contributed by atoms with Crippen molar-refractivity contribution in [2.75, 3.05) is 0 Å².